The van der Waals surface area contributed by atoms with Crippen molar-refractivity contribution in [3.05, 3.63) is 29.8 Å². The molecule has 0 aliphatic heterocycles. The van der Waals surface area contributed by atoms with Gasteiger partial charge in [-0.25, -0.2) is 0 Å². The van der Waals surface area contributed by atoms with Crippen molar-refractivity contribution in [3.8, 4) is 5.75 Å². The van der Waals surface area contributed by atoms with Gasteiger partial charge in [-0.1, -0.05) is 12.1 Å². The highest BCUT2D eigenvalue weighted by atomic mass is 16.5. The lowest BCUT2D eigenvalue weighted by atomic mass is 10.1. The van der Waals surface area contributed by atoms with Gasteiger partial charge in [0.25, 0.3) is 0 Å². The number of aliphatic carboxylic acids is 1. The summed E-state index contributed by atoms with van der Waals surface area (Å²) in [5.74, 6) is -0.207. The monoisotopic (exact) mass is 305 g/mol. The summed E-state index contributed by atoms with van der Waals surface area (Å²) < 4.78 is 5.11. The van der Waals surface area contributed by atoms with Crippen LogP contribution >= 0.6 is 0 Å². The number of hydrogen-bond acceptors (Lipinski definition) is 3. The molecular weight excluding hydrogens is 282 g/mol. The predicted molar refractivity (Wildman–Crippen MR) is 82.8 cm³/mol. The molecule has 1 aliphatic carbocycles. The van der Waals surface area contributed by atoms with E-state index in [1.54, 1.807) is 7.11 Å². The number of carboxylic acid groups (broad SMARTS) is 1. The summed E-state index contributed by atoms with van der Waals surface area (Å²) in [7, 11) is 1.64. The standard InChI is InChI=1S/C17H23NO4/c1-22-15-9-5-12(6-10-15)3-2-4-16(19)18-14-8-7-13(11-14)17(20)21/h5-6,9-10,13-14H,2-4,7-8,11H2,1H3,(H,18,19)(H,20,21)/t13-,14+/m1/s1. The average Bonchev–Trinajstić information content (AvgIpc) is 2.96. The summed E-state index contributed by atoms with van der Waals surface area (Å²) in [5.41, 5.74) is 1.18. The Morgan fingerprint density at radius 2 is 2.00 bits per heavy atom. The lowest BCUT2D eigenvalue weighted by molar-refractivity contribution is -0.141. The van der Waals surface area contributed by atoms with Crippen molar-refractivity contribution >= 4 is 11.9 Å². The molecule has 2 atom stereocenters. The molecule has 5 nitrogen and oxygen atoms in total. The number of rotatable bonds is 7. The summed E-state index contributed by atoms with van der Waals surface area (Å²) in [6.45, 7) is 0. The van der Waals surface area contributed by atoms with Crippen LogP contribution in [0.2, 0.25) is 0 Å². The molecule has 0 saturated heterocycles. The number of carbonyl (C=O) groups is 2. The molecule has 1 saturated carbocycles. The summed E-state index contributed by atoms with van der Waals surface area (Å²) in [4.78, 5) is 22.8. The highest BCUT2D eigenvalue weighted by Crippen LogP contribution is 2.25. The topological polar surface area (TPSA) is 75.6 Å². The van der Waals surface area contributed by atoms with Gasteiger partial charge in [-0.3, -0.25) is 9.59 Å². The van der Waals surface area contributed by atoms with Crippen LogP contribution < -0.4 is 10.1 Å². The largest absolute Gasteiger partial charge is 0.497 e. The smallest absolute Gasteiger partial charge is 0.306 e. The number of benzene rings is 1. The first-order chi connectivity index (χ1) is 10.6. The number of aryl methyl sites for hydroxylation is 1. The third-order valence-electron chi connectivity index (χ3n) is 4.18. The van der Waals surface area contributed by atoms with Gasteiger partial charge >= 0.3 is 5.97 Å². The molecule has 2 N–H and O–H groups in total. The van der Waals surface area contributed by atoms with E-state index in [4.69, 9.17) is 9.84 Å². The van der Waals surface area contributed by atoms with Crippen LogP contribution in [0.3, 0.4) is 0 Å². The van der Waals surface area contributed by atoms with E-state index in [-0.39, 0.29) is 17.9 Å². The number of methoxy groups -OCH3 is 1. The van der Waals surface area contributed by atoms with Crippen molar-refractivity contribution in [2.75, 3.05) is 7.11 Å². The number of carbonyl (C=O) groups excluding carboxylic acids is 1. The van der Waals surface area contributed by atoms with Gasteiger partial charge in [0.1, 0.15) is 5.75 Å². The second kappa shape index (κ2) is 7.82. The van der Waals surface area contributed by atoms with Crippen molar-refractivity contribution in [3.63, 3.8) is 0 Å². The van der Waals surface area contributed by atoms with Gasteiger partial charge in [-0.05, 0) is 49.8 Å². The lowest BCUT2D eigenvalue weighted by Gasteiger charge is -2.12. The maximum absolute atomic E-state index is 11.9. The van der Waals surface area contributed by atoms with Gasteiger partial charge < -0.3 is 15.2 Å². The fraction of sp³-hybridized carbons (Fsp3) is 0.529. The number of carboxylic acids is 1. The van der Waals surface area contributed by atoms with Gasteiger partial charge in [-0.15, -0.1) is 0 Å². The Morgan fingerprint density at radius 1 is 1.27 bits per heavy atom. The molecule has 0 bridgehead atoms. The first-order valence-electron chi connectivity index (χ1n) is 7.73. The molecule has 0 heterocycles. The van der Waals surface area contributed by atoms with Crippen LogP contribution in [0.4, 0.5) is 0 Å². The zero-order chi connectivity index (χ0) is 15.9. The zero-order valence-corrected chi connectivity index (χ0v) is 12.9. The van der Waals surface area contributed by atoms with Crippen molar-refractivity contribution in [1.29, 1.82) is 0 Å². The fourth-order valence-electron chi connectivity index (χ4n) is 2.88. The molecule has 1 amide bonds. The van der Waals surface area contributed by atoms with E-state index in [1.807, 2.05) is 24.3 Å². The Kier molecular flexibility index (Phi) is 5.81. The number of amides is 1. The fourth-order valence-corrected chi connectivity index (χ4v) is 2.88. The van der Waals surface area contributed by atoms with Crippen LogP contribution in [0.25, 0.3) is 0 Å². The SMILES string of the molecule is COc1ccc(CCCC(=O)N[C@H]2CC[C@@H](C(=O)O)C2)cc1. The Balaban J connectivity index is 1.66. The zero-order valence-electron chi connectivity index (χ0n) is 12.9. The van der Waals surface area contributed by atoms with Crippen LogP contribution in [-0.2, 0) is 16.0 Å². The van der Waals surface area contributed by atoms with E-state index in [0.717, 1.165) is 25.0 Å². The minimum Gasteiger partial charge on any atom is -0.497 e. The Bertz CT molecular complexity index is 512. The van der Waals surface area contributed by atoms with Crippen LogP contribution in [0.15, 0.2) is 24.3 Å². The second-order valence-corrected chi connectivity index (χ2v) is 5.81. The van der Waals surface area contributed by atoms with Gasteiger partial charge in [0.05, 0.1) is 13.0 Å². The summed E-state index contributed by atoms with van der Waals surface area (Å²) in [6.07, 6.45) is 4.08. The van der Waals surface area contributed by atoms with Crippen molar-refractivity contribution in [2.45, 2.75) is 44.6 Å². The second-order valence-electron chi connectivity index (χ2n) is 5.81. The maximum Gasteiger partial charge on any atom is 0.306 e. The summed E-state index contributed by atoms with van der Waals surface area (Å²) in [5, 5.41) is 11.9. The van der Waals surface area contributed by atoms with Crippen molar-refractivity contribution in [2.24, 2.45) is 5.92 Å². The van der Waals surface area contributed by atoms with E-state index in [0.29, 0.717) is 19.3 Å². The van der Waals surface area contributed by atoms with Gasteiger partial charge in [0.2, 0.25) is 5.91 Å². The van der Waals surface area contributed by atoms with Crippen LogP contribution in [-0.4, -0.2) is 30.1 Å². The number of hydrogen-bond donors (Lipinski definition) is 2. The van der Waals surface area contributed by atoms with E-state index >= 15 is 0 Å². The molecule has 1 aromatic rings. The van der Waals surface area contributed by atoms with Crippen molar-refractivity contribution in [1.82, 2.24) is 5.32 Å². The van der Waals surface area contributed by atoms with E-state index in [9.17, 15) is 9.59 Å². The number of ether oxygens (including phenoxy) is 1. The Morgan fingerprint density at radius 3 is 2.59 bits per heavy atom. The molecule has 120 valence electrons. The molecule has 0 aromatic heterocycles. The molecule has 0 unspecified atom stereocenters. The van der Waals surface area contributed by atoms with Crippen molar-refractivity contribution < 1.29 is 19.4 Å². The third kappa shape index (κ3) is 4.76. The van der Waals surface area contributed by atoms with E-state index < -0.39 is 5.97 Å². The summed E-state index contributed by atoms with van der Waals surface area (Å²) >= 11 is 0. The number of nitrogens with one attached hydrogen (secondary N) is 1. The maximum atomic E-state index is 11.9. The molecule has 0 spiro atoms. The third-order valence-corrected chi connectivity index (χ3v) is 4.18. The first kappa shape index (κ1) is 16.3. The molecule has 5 heteroatoms. The predicted octanol–water partition coefficient (Wildman–Crippen LogP) is 2.39. The molecule has 0 radical (unpaired) electrons. The van der Waals surface area contributed by atoms with Crippen LogP contribution in [0, 0.1) is 5.92 Å². The molecule has 22 heavy (non-hydrogen) atoms. The highest BCUT2D eigenvalue weighted by Gasteiger charge is 2.30. The highest BCUT2D eigenvalue weighted by molar-refractivity contribution is 5.76. The minimum atomic E-state index is -0.753. The lowest BCUT2D eigenvalue weighted by Crippen LogP contribution is -2.33. The van der Waals surface area contributed by atoms with E-state index in [2.05, 4.69) is 5.32 Å². The minimum absolute atomic E-state index is 0.0181. The normalized spacial score (nSPS) is 20.6. The Labute approximate surface area is 130 Å². The molecule has 1 aromatic carbocycles. The van der Waals surface area contributed by atoms with Gasteiger partial charge in [-0.2, -0.15) is 0 Å². The molecule has 1 fully saturated rings. The molecule has 1 aliphatic rings. The van der Waals surface area contributed by atoms with Crippen LogP contribution in [0.5, 0.6) is 5.75 Å². The Hall–Kier alpha value is -2.04. The molecule has 2 rings (SSSR count). The van der Waals surface area contributed by atoms with E-state index in [1.165, 1.54) is 5.56 Å². The van der Waals surface area contributed by atoms with Gasteiger partial charge in [0, 0.05) is 12.5 Å². The molecular formula is C17H23NO4. The summed E-state index contributed by atoms with van der Waals surface area (Å²) in [6, 6.07) is 7.87. The quantitative estimate of drug-likeness (QED) is 0.811. The van der Waals surface area contributed by atoms with Crippen LogP contribution in [0.1, 0.15) is 37.7 Å². The average molecular weight is 305 g/mol. The van der Waals surface area contributed by atoms with Gasteiger partial charge in [0.15, 0.2) is 0 Å². The first-order valence-corrected chi connectivity index (χ1v) is 7.73.